The molecule has 10 heteroatoms. The van der Waals surface area contributed by atoms with E-state index in [0.29, 0.717) is 44.7 Å². The highest BCUT2D eigenvalue weighted by Crippen LogP contribution is 2.41. The van der Waals surface area contributed by atoms with Crippen molar-refractivity contribution in [1.82, 2.24) is 13.5 Å². The summed E-state index contributed by atoms with van der Waals surface area (Å²) in [6.07, 6.45) is 3.32. The van der Waals surface area contributed by atoms with Crippen molar-refractivity contribution in [3.63, 3.8) is 0 Å². The molecule has 0 amide bonds. The molecule has 0 spiro atoms. The number of pyridine rings is 1. The Kier molecular flexibility index (Phi) is 6.83. The number of aromatic nitrogens is 3. The van der Waals surface area contributed by atoms with E-state index in [0.717, 1.165) is 5.56 Å². The van der Waals surface area contributed by atoms with Gasteiger partial charge in [-0.05, 0) is 64.1 Å². The molecule has 3 aromatic heterocycles. The number of benzene rings is 2. The number of hydrogen-bond acceptors (Lipinski definition) is 7. The molecule has 0 unspecified atom stereocenters. The number of hydrogen-bond donors (Lipinski definition) is 0. The van der Waals surface area contributed by atoms with Crippen molar-refractivity contribution in [2.45, 2.75) is 44.7 Å². The molecule has 0 radical (unpaired) electrons. The largest absolute Gasteiger partial charge is 0.493 e. The normalized spacial score (nSPS) is 12.2. The van der Waals surface area contributed by atoms with E-state index in [2.05, 4.69) is 4.98 Å². The number of ether oxygens (including phenoxy) is 3. The first-order chi connectivity index (χ1) is 18.9. The number of aryl methyl sites for hydroxylation is 1. The Morgan fingerprint density at radius 1 is 0.975 bits per heavy atom. The number of carbonyl (C=O) groups excluding carboxylic acids is 1. The van der Waals surface area contributed by atoms with Gasteiger partial charge in [-0.15, -0.1) is 0 Å². The second-order valence-electron chi connectivity index (χ2n) is 10.5. The minimum Gasteiger partial charge on any atom is -0.493 e. The third-order valence-corrected chi connectivity index (χ3v) is 8.18. The first-order valence-electron chi connectivity index (χ1n) is 12.7. The van der Waals surface area contributed by atoms with Gasteiger partial charge in [0.05, 0.1) is 30.3 Å². The molecule has 3 heterocycles. The van der Waals surface area contributed by atoms with Crippen molar-refractivity contribution in [3.05, 3.63) is 72.6 Å². The Morgan fingerprint density at radius 3 is 2.30 bits per heavy atom. The summed E-state index contributed by atoms with van der Waals surface area (Å²) in [6.45, 7) is 7.22. The van der Waals surface area contributed by atoms with Crippen LogP contribution in [-0.4, -0.2) is 47.7 Å². The fourth-order valence-corrected chi connectivity index (χ4v) is 6.20. The summed E-state index contributed by atoms with van der Waals surface area (Å²) in [6, 6.07) is 15.6. The molecule has 0 saturated carbocycles. The molecule has 0 fully saturated rings. The Hall–Kier alpha value is -4.31. The summed E-state index contributed by atoms with van der Waals surface area (Å²) >= 11 is 0. The summed E-state index contributed by atoms with van der Waals surface area (Å²) in [4.78, 5) is 17.4. The summed E-state index contributed by atoms with van der Waals surface area (Å²) in [5, 5.41) is 1.33. The fourth-order valence-electron chi connectivity index (χ4n) is 4.72. The van der Waals surface area contributed by atoms with Crippen LogP contribution in [0.4, 0.5) is 0 Å². The average Bonchev–Trinajstić information content (AvgIpc) is 3.45. The summed E-state index contributed by atoms with van der Waals surface area (Å²) in [5.41, 5.74) is 2.20. The van der Waals surface area contributed by atoms with E-state index in [1.54, 1.807) is 86.3 Å². The number of rotatable bonds is 7. The summed E-state index contributed by atoms with van der Waals surface area (Å²) < 4.78 is 47.9. The van der Waals surface area contributed by atoms with E-state index >= 15 is 0 Å². The first-order valence-corrected chi connectivity index (χ1v) is 14.1. The maximum atomic E-state index is 14.1. The SMILES string of the molecule is COc1cc2c(-c3cc4cccnc4n3S(=O)(=O)c3ccc(C)cc3)cn(CC(=O)OC(C)(C)C)c2cc1OC. The lowest BCUT2D eigenvalue weighted by Gasteiger charge is -2.19. The lowest BCUT2D eigenvalue weighted by Crippen LogP contribution is -2.26. The van der Waals surface area contributed by atoms with Gasteiger partial charge >= 0.3 is 5.97 Å². The summed E-state index contributed by atoms with van der Waals surface area (Å²) in [5.74, 6) is 0.508. The van der Waals surface area contributed by atoms with Crippen LogP contribution in [0.25, 0.3) is 33.2 Å². The highest BCUT2D eigenvalue weighted by Gasteiger charge is 2.28. The van der Waals surface area contributed by atoms with E-state index in [1.807, 2.05) is 13.0 Å². The van der Waals surface area contributed by atoms with Crippen LogP contribution in [-0.2, 0) is 26.1 Å². The molecule has 5 rings (SSSR count). The van der Waals surface area contributed by atoms with E-state index in [9.17, 15) is 13.2 Å². The minimum atomic E-state index is -4.06. The monoisotopic (exact) mass is 561 g/mol. The number of methoxy groups -OCH3 is 2. The Bertz CT molecular complexity index is 1840. The predicted molar refractivity (Wildman–Crippen MR) is 153 cm³/mol. The van der Waals surface area contributed by atoms with Gasteiger partial charge in [0, 0.05) is 34.8 Å². The average molecular weight is 562 g/mol. The van der Waals surface area contributed by atoms with Gasteiger partial charge in [-0.3, -0.25) is 4.79 Å². The van der Waals surface area contributed by atoms with Crippen LogP contribution in [0, 0.1) is 6.92 Å². The molecule has 0 N–H and O–H groups in total. The van der Waals surface area contributed by atoms with Gasteiger partial charge in [-0.2, -0.15) is 0 Å². The molecule has 0 aliphatic carbocycles. The van der Waals surface area contributed by atoms with Crippen molar-refractivity contribution in [3.8, 4) is 22.8 Å². The maximum Gasteiger partial charge on any atom is 0.326 e. The van der Waals surface area contributed by atoms with Crippen molar-refractivity contribution in [1.29, 1.82) is 0 Å². The molecule has 9 nitrogen and oxygen atoms in total. The van der Waals surface area contributed by atoms with Crippen molar-refractivity contribution in [2.75, 3.05) is 14.2 Å². The lowest BCUT2D eigenvalue weighted by atomic mass is 10.1. The van der Waals surface area contributed by atoms with E-state index in [4.69, 9.17) is 14.2 Å². The van der Waals surface area contributed by atoms with Gasteiger partial charge in [0.1, 0.15) is 12.1 Å². The standard InChI is InChI=1S/C30H31N3O6S/c1-19-9-11-21(12-10-19)40(35,36)33-25(14-20-8-7-13-31-29(20)33)23-17-32(18-28(34)39-30(2,3)4)24-16-27(38-6)26(37-5)15-22(23)24/h7-17H,18H2,1-6H3. The molecule has 40 heavy (non-hydrogen) atoms. The smallest absolute Gasteiger partial charge is 0.326 e. The minimum absolute atomic E-state index is 0.0908. The fraction of sp³-hybridized carbons (Fsp3) is 0.267. The van der Waals surface area contributed by atoms with Crippen molar-refractivity contribution < 1.29 is 27.4 Å². The molecule has 5 aromatic rings. The summed E-state index contributed by atoms with van der Waals surface area (Å²) in [7, 11) is -0.993. The second kappa shape index (κ2) is 10.0. The van der Waals surface area contributed by atoms with Gasteiger partial charge in [-0.25, -0.2) is 17.4 Å². The van der Waals surface area contributed by atoms with Crippen LogP contribution in [0.1, 0.15) is 26.3 Å². The topological polar surface area (TPSA) is 102 Å². The number of esters is 1. The van der Waals surface area contributed by atoms with Crippen LogP contribution in [0.5, 0.6) is 11.5 Å². The number of fused-ring (bicyclic) bond motifs is 2. The Morgan fingerprint density at radius 2 is 1.65 bits per heavy atom. The van der Waals surface area contributed by atoms with Crippen molar-refractivity contribution in [2.24, 2.45) is 0 Å². The van der Waals surface area contributed by atoms with Gasteiger partial charge in [0.15, 0.2) is 17.1 Å². The zero-order valence-electron chi connectivity index (χ0n) is 23.3. The molecule has 0 aliphatic heterocycles. The van der Waals surface area contributed by atoms with E-state index in [-0.39, 0.29) is 11.4 Å². The van der Waals surface area contributed by atoms with E-state index < -0.39 is 21.6 Å². The number of carbonyl (C=O) groups is 1. The number of nitrogens with zero attached hydrogens (tertiary/aromatic N) is 3. The van der Waals surface area contributed by atoms with Crippen molar-refractivity contribution >= 4 is 37.9 Å². The predicted octanol–water partition coefficient (Wildman–Crippen LogP) is 5.56. The van der Waals surface area contributed by atoms with Gasteiger partial charge in [0.2, 0.25) is 0 Å². The quantitative estimate of drug-likeness (QED) is 0.240. The molecule has 208 valence electrons. The van der Waals surface area contributed by atoms with Gasteiger partial charge < -0.3 is 18.8 Å². The highest BCUT2D eigenvalue weighted by molar-refractivity contribution is 7.90. The molecule has 0 bridgehead atoms. The molecule has 0 aliphatic rings. The molecule has 0 saturated heterocycles. The zero-order chi connectivity index (χ0) is 28.8. The lowest BCUT2D eigenvalue weighted by molar-refractivity contribution is -0.155. The molecule has 2 aromatic carbocycles. The van der Waals surface area contributed by atoms with Crippen LogP contribution in [0.2, 0.25) is 0 Å². The van der Waals surface area contributed by atoms with Gasteiger partial charge in [-0.1, -0.05) is 17.7 Å². The highest BCUT2D eigenvalue weighted by atomic mass is 32.2. The zero-order valence-corrected chi connectivity index (χ0v) is 24.1. The van der Waals surface area contributed by atoms with Gasteiger partial charge in [0.25, 0.3) is 10.0 Å². The van der Waals surface area contributed by atoms with E-state index in [1.165, 1.54) is 18.2 Å². The molecular weight excluding hydrogens is 530 g/mol. The van der Waals surface area contributed by atoms with Crippen LogP contribution in [0.3, 0.4) is 0 Å². The Labute approximate surface area is 233 Å². The third kappa shape index (κ3) is 4.90. The third-order valence-electron chi connectivity index (χ3n) is 6.46. The maximum absolute atomic E-state index is 14.1. The Balaban J connectivity index is 1.80. The van der Waals surface area contributed by atoms with Crippen LogP contribution >= 0.6 is 0 Å². The van der Waals surface area contributed by atoms with Crippen LogP contribution < -0.4 is 9.47 Å². The molecular formula is C30H31N3O6S. The first kappa shape index (κ1) is 27.3. The van der Waals surface area contributed by atoms with Crippen LogP contribution in [0.15, 0.2) is 71.9 Å². The second-order valence-corrected chi connectivity index (χ2v) is 12.3. The molecule has 0 atom stereocenters.